The highest BCUT2D eigenvalue weighted by Gasteiger charge is 2.02. The molecule has 1 amide bonds. The molecule has 0 bridgehead atoms. The SMILES string of the molecule is CCCCCCCCCCNC(=O)Cc1ccc(Br)cc1. The summed E-state index contributed by atoms with van der Waals surface area (Å²) in [6, 6.07) is 7.92. The normalized spacial score (nSPS) is 10.6. The molecule has 0 atom stereocenters. The molecule has 0 aliphatic carbocycles. The fourth-order valence-corrected chi connectivity index (χ4v) is 2.60. The summed E-state index contributed by atoms with van der Waals surface area (Å²) in [6.07, 6.45) is 10.9. The molecule has 0 fully saturated rings. The van der Waals surface area contributed by atoms with E-state index < -0.39 is 0 Å². The van der Waals surface area contributed by atoms with Gasteiger partial charge >= 0.3 is 0 Å². The molecule has 1 N–H and O–H groups in total. The lowest BCUT2D eigenvalue weighted by molar-refractivity contribution is -0.120. The van der Waals surface area contributed by atoms with Gasteiger partial charge in [0.2, 0.25) is 5.91 Å². The van der Waals surface area contributed by atoms with Crippen molar-refractivity contribution in [1.82, 2.24) is 5.32 Å². The highest BCUT2D eigenvalue weighted by molar-refractivity contribution is 9.10. The van der Waals surface area contributed by atoms with Crippen LogP contribution in [-0.4, -0.2) is 12.5 Å². The molecule has 1 aromatic carbocycles. The van der Waals surface area contributed by atoms with Crippen LogP contribution in [0.5, 0.6) is 0 Å². The quantitative estimate of drug-likeness (QED) is 0.541. The Morgan fingerprint density at radius 2 is 1.52 bits per heavy atom. The summed E-state index contributed by atoms with van der Waals surface area (Å²) >= 11 is 3.40. The van der Waals surface area contributed by atoms with E-state index in [9.17, 15) is 4.79 Å². The molecule has 0 aromatic heterocycles. The second-order valence-corrected chi connectivity index (χ2v) is 6.54. The number of carbonyl (C=O) groups is 1. The van der Waals surface area contributed by atoms with Gasteiger partial charge in [0.15, 0.2) is 0 Å². The lowest BCUT2D eigenvalue weighted by Gasteiger charge is -2.06. The lowest BCUT2D eigenvalue weighted by atomic mass is 10.1. The first-order valence-electron chi connectivity index (χ1n) is 8.23. The molecule has 3 heteroatoms. The van der Waals surface area contributed by atoms with Gasteiger partial charge in [-0.1, -0.05) is 79.9 Å². The monoisotopic (exact) mass is 353 g/mol. The van der Waals surface area contributed by atoms with Gasteiger partial charge in [-0.25, -0.2) is 0 Å². The number of hydrogen-bond acceptors (Lipinski definition) is 1. The van der Waals surface area contributed by atoms with Crippen molar-refractivity contribution in [2.45, 2.75) is 64.7 Å². The predicted molar refractivity (Wildman–Crippen MR) is 93.5 cm³/mol. The Bertz CT molecular complexity index is 389. The highest BCUT2D eigenvalue weighted by atomic mass is 79.9. The highest BCUT2D eigenvalue weighted by Crippen LogP contribution is 2.11. The summed E-state index contributed by atoms with van der Waals surface area (Å²) in [5, 5.41) is 3.01. The van der Waals surface area contributed by atoms with Crippen LogP contribution in [0.2, 0.25) is 0 Å². The molecule has 0 aliphatic heterocycles. The van der Waals surface area contributed by atoms with Crippen LogP contribution in [0.4, 0.5) is 0 Å². The topological polar surface area (TPSA) is 29.1 Å². The summed E-state index contributed by atoms with van der Waals surface area (Å²) < 4.78 is 1.05. The maximum atomic E-state index is 11.8. The van der Waals surface area contributed by atoms with Gasteiger partial charge in [-0.2, -0.15) is 0 Å². The zero-order chi connectivity index (χ0) is 15.3. The first kappa shape index (κ1) is 18.2. The summed E-state index contributed by atoms with van der Waals surface area (Å²) in [7, 11) is 0. The Kier molecular flexibility index (Phi) is 10.2. The average Bonchev–Trinajstić information content (AvgIpc) is 2.48. The van der Waals surface area contributed by atoms with E-state index in [-0.39, 0.29) is 5.91 Å². The van der Waals surface area contributed by atoms with E-state index in [2.05, 4.69) is 28.2 Å². The molecule has 118 valence electrons. The van der Waals surface area contributed by atoms with Gasteiger partial charge in [0.25, 0.3) is 0 Å². The Morgan fingerprint density at radius 3 is 2.14 bits per heavy atom. The van der Waals surface area contributed by atoms with E-state index in [0.717, 1.165) is 23.0 Å². The molecule has 0 radical (unpaired) electrons. The van der Waals surface area contributed by atoms with E-state index in [0.29, 0.717) is 6.42 Å². The minimum Gasteiger partial charge on any atom is -0.356 e. The molecular weight excluding hydrogens is 326 g/mol. The number of amides is 1. The van der Waals surface area contributed by atoms with Crippen molar-refractivity contribution in [3.8, 4) is 0 Å². The van der Waals surface area contributed by atoms with Crippen molar-refractivity contribution in [3.63, 3.8) is 0 Å². The van der Waals surface area contributed by atoms with Gasteiger partial charge in [-0.15, -0.1) is 0 Å². The van der Waals surface area contributed by atoms with E-state index >= 15 is 0 Å². The summed E-state index contributed by atoms with van der Waals surface area (Å²) in [5.74, 6) is 0.125. The van der Waals surface area contributed by atoms with Crippen molar-refractivity contribution in [1.29, 1.82) is 0 Å². The van der Waals surface area contributed by atoms with E-state index in [1.54, 1.807) is 0 Å². The van der Waals surface area contributed by atoms with Crippen LogP contribution in [0.3, 0.4) is 0 Å². The minimum absolute atomic E-state index is 0.125. The van der Waals surface area contributed by atoms with Crippen LogP contribution in [0, 0.1) is 0 Å². The number of hydrogen-bond donors (Lipinski definition) is 1. The van der Waals surface area contributed by atoms with Gasteiger partial charge in [0.05, 0.1) is 6.42 Å². The second kappa shape index (κ2) is 11.8. The van der Waals surface area contributed by atoms with Crippen LogP contribution < -0.4 is 5.32 Å². The molecule has 0 saturated carbocycles. The molecule has 1 aromatic rings. The molecule has 1 rings (SSSR count). The Hall–Kier alpha value is -0.830. The van der Waals surface area contributed by atoms with Crippen LogP contribution in [0.15, 0.2) is 28.7 Å². The lowest BCUT2D eigenvalue weighted by Crippen LogP contribution is -2.26. The minimum atomic E-state index is 0.125. The summed E-state index contributed by atoms with van der Waals surface area (Å²) in [4.78, 5) is 11.8. The van der Waals surface area contributed by atoms with Crippen molar-refractivity contribution in [3.05, 3.63) is 34.3 Å². The van der Waals surface area contributed by atoms with Crippen LogP contribution in [0.25, 0.3) is 0 Å². The molecular formula is C18H28BrNO. The average molecular weight is 354 g/mol. The van der Waals surface area contributed by atoms with Crippen molar-refractivity contribution >= 4 is 21.8 Å². The third kappa shape index (κ3) is 9.67. The van der Waals surface area contributed by atoms with Gasteiger partial charge in [0.1, 0.15) is 0 Å². The van der Waals surface area contributed by atoms with E-state index in [1.165, 1.54) is 44.9 Å². The number of rotatable bonds is 11. The summed E-state index contributed by atoms with van der Waals surface area (Å²) in [5.41, 5.74) is 1.06. The molecule has 2 nitrogen and oxygen atoms in total. The second-order valence-electron chi connectivity index (χ2n) is 5.63. The number of nitrogens with one attached hydrogen (secondary N) is 1. The third-order valence-corrected chi connectivity index (χ3v) is 4.16. The first-order chi connectivity index (χ1) is 10.2. The van der Waals surface area contributed by atoms with Gasteiger partial charge in [0, 0.05) is 11.0 Å². The standard InChI is InChI=1S/C18H28BrNO/c1-2-3-4-5-6-7-8-9-14-20-18(21)15-16-10-12-17(19)13-11-16/h10-13H,2-9,14-15H2,1H3,(H,20,21). The third-order valence-electron chi connectivity index (χ3n) is 3.63. The fourth-order valence-electron chi connectivity index (χ4n) is 2.34. The smallest absolute Gasteiger partial charge is 0.224 e. The molecule has 0 aliphatic rings. The number of halogens is 1. The maximum Gasteiger partial charge on any atom is 0.224 e. The fraction of sp³-hybridized carbons (Fsp3) is 0.611. The van der Waals surface area contributed by atoms with Crippen LogP contribution in [0.1, 0.15) is 63.9 Å². The predicted octanol–water partition coefficient (Wildman–Crippen LogP) is 5.25. The zero-order valence-corrected chi connectivity index (χ0v) is 14.8. The number of unbranched alkanes of at least 4 members (excludes halogenated alkanes) is 7. The Labute approximate surface area is 137 Å². The maximum absolute atomic E-state index is 11.8. The molecule has 21 heavy (non-hydrogen) atoms. The first-order valence-corrected chi connectivity index (χ1v) is 9.03. The van der Waals surface area contributed by atoms with Gasteiger partial charge in [-0.05, 0) is 24.1 Å². The Balaban J connectivity index is 1.97. The van der Waals surface area contributed by atoms with Crippen LogP contribution >= 0.6 is 15.9 Å². The van der Waals surface area contributed by atoms with Gasteiger partial charge in [-0.3, -0.25) is 4.79 Å². The van der Waals surface area contributed by atoms with E-state index in [4.69, 9.17) is 0 Å². The molecule has 0 unspecified atom stereocenters. The molecule has 0 saturated heterocycles. The van der Waals surface area contributed by atoms with Crippen molar-refractivity contribution in [2.75, 3.05) is 6.54 Å². The Morgan fingerprint density at radius 1 is 0.952 bits per heavy atom. The van der Waals surface area contributed by atoms with Gasteiger partial charge < -0.3 is 5.32 Å². The molecule has 0 heterocycles. The number of benzene rings is 1. The largest absolute Gasteiger partial charge is 0.356 e. The summed E-state index contributed by atoms with van der Waals surface area (Å²) in [6.45, 7) is 3.06. The van der Waals surface area contributed by atoms with Crippen molar-refractivity contribution < 1.29 is 4.79 Å². The number of carbonyl (C=O) groups excluding carboxylic acids is 1. The van der Waals surface area contributed by atoms with E-state index in [1.807, 2.05) is 24.3 Å². The zero-order valence-electron chi connectivity index (χ0n) is 13.2. The van der Waals surface area contributed by atoms with Crippen molar-refractivity contribution in [2.24, 2.45) is 0 Å². The molecule has 0 spiro atoms. The van der Waals surface area contributed by atoms with Crippen LogP contribution in [-0.2, 0) is 11.2 Å².